The Kier molecular flexibility index (Phi) is 5.61. The summed E-state index contributed by atoms with van der Waals surface area (Å²) in [4.78, 5) is 41.4. The van der Waals surface area contributed by atoms with Crippen molar-refractivity contribution in [1.29, 1.82) is 0 Å². The Morgan fingerprint density at radius 1 is 1.21 bits per heavy atom. The number of piperidine rings is 3. The van der Waals surface area contributed by atoms with Crippen LogP contribution in [0.5, 0.6) is 0 Å². The third-order valence-electron chi connectivity index (χ3n) is 6.85. The van der Waals surface area contributed by atoms with Crippen LogP contribution in [-0.2, 0) is 20.8 Å². The summed E-state index contributed by atoms with van der Waals surface area (Å²) in [7, 11) is 0. The van der Waals surface area contributed by atoms with Gasteiger partial charge in [-0.3, -0.25) is 14.4 Å². The van der Waals surface area contributed by atoms with Crippen molar-refractivity contribution in [3.8, 4) is 0 Å². The van der Waals surface area contributed by atoms with Gasteiger partial charge in [-0.05, 0) is 43.6 Å². The summed E-state index contributed by atoms with van der Waals surface area (Å²) in [5, 5.41) is 2.93. The molecule has 1 aromatic rings. The number of amides is 3. The van der Waals surface area contributed by atoms with E-state index < -0.39 is 0 Å². The van der Waals surface area contributed by atoms with Crippen LogP contribution in [-0.4, -0.2) is 59.2 Å². The Hall–Kier alpha value is -2.37. The Bertz CT molecular complexity index is 808. The van der Waals surface area contributed by atoms with E-state index in [2.05, 4.69) is 16.3 Å². The second-order valence-electron chi connectivity index (χ2n) is 8.99. The highest BCUT2D eigenvalue weighted by Crippen LogP contribution is 2.41. The smallest absolute Gasteiger partial charge is 0.227 e. The van der Waals surface area contributed by atoms with E-state index >= 15 is 0 Å². The number of hydrogen-bond donors (Lipinski definition) is 1. The van der Waals surface area contributed by atoms with E-state index in [1.54, 1.807) is 0 Å². The second-order valence-corrected chi connectivity index (χ2v) is 8.99. The summed E-state index contributed by atoms with van der Waals surface area (Å²) < 4.78 is 0. The third-order valence-corrected chi connectivity index (χ3v) is 6.85. The van der Waals surface area contributed by atoms with E-state index in [-0.39, 0.29) is 35.7 Å². The van der Waals surface area contributed by atoms with Gasteiger partial charge < -0.3 is 15.1 Å². The highest BCUT2D eigenvalue weighted by atomic mass is 16.2. The molecular formula is C23H31N3O3. The number of nitrogens with zero attached hydrogens (tertiary/aromatic N) is 2. The van der Waals surface area contributed by atoms with Crippen LogP contribution in [0.1, 0.15) is 43.7 Å². The van der Waals surface area contributed by atoms with Crippen LogP contribution in [0.4, 0.5) is 0 Å². The van der Waals surface area contributed by atoms with Crippen LogP contribution in [0.3, 0.4) is 0 Å². The Morgan fingerprint density at radius 3 is 2.76 bits per heavy atom. The first kappa shape index (κ1) is 19.9. The number of likely N-dealkylation sites (tertiary alicyclic amines) is 1. The lowest BCUT2D eigenvalue weighted by molar-refractivity contribution is -0.156. The van der Waals surface area contributed by atoms with Crippen LogP contribution in [0.2, 0.25) is 0 Å². The summed E-state index contributed by atoms with van der Waals surface area (Å²) >= 11 is 0. The molecule has 4 atom stereocenters. The first-order chi connectivity index (χ1) is 13.9. The topological polar surface area (TPSA) is 69.7 Å². The zero-order valence-corrected chi connectivity index (χ0v) is 17.4. The number of rotatable bonds is 4. The third kappa shape index (κ3) is 4.16. The van der Waals surface area contributed by atoms with E-state index in [9.17, 15) is 14.4 Å². The predicted molar refractivity (Wildman–Crippen MR) is 110 cm³/mol. The van der Waals surface area contributed by atoms with Crippen molar-refractivity contribution in [1.82, 2.24) is 15.1 Å². The summed E-state index contributed by atoms with van der Waals surface area (Å²) in [6.07, 6.45) is 3.98. The van der Waals surface area contributed by atoms with Crippen molar-refractivity contribution in [2.45, 2.75) is 58.0 Å². The molecule has 3 aliphatic rings. The minimum Gasteiger partial charge on any atom is -0.354 e. The molecule has 1 aromatic carbocycles. The number of hydrogen-bond acceptors (Lipinski definition) is 3. The molecule has 2 bridgehead atoms. The van der Waals surface area contributed by atoms with Crippen LogP contribution < -0.4 is 5.32 Å². The van der Waals surface area contributed by atoms with Gasteiger partial charge in [-0.25, -0.2) is 0 Å². The fourth-order valence-corrected chi connectivity index (χ4v) is 5.60. The molecule has 0 saturated carbocycles. The number of aryl methyl sites for hydroxylation is 1. The van der Waals surface area contributed by atoms with E-state index in [4.69, 9.17) is 0 Å². The first-order valence-electron chi connectivity index (χ1n) is 10.8. The van der Waals surface area contributed by atoms with Gasteiger partial charge in [-0.2, -0.15) is 0 Å². The van der Waals surface area contributed by atoms with Crippen molar-refractivity contribution in [2.75, 3.05) is 19.6 Å². The SMILES string of the molecule is CC(=O)NC[C@H]1[C@H]2C[C@H](CN(C(=O)Cc3cccc(C)c3)C2)[C@@H]2CCCC(=O)N21. The molecule has 6 nitrogen and oxygen atoms in total. The van der Waals surface area contributed by atoms with Crippen LogP contribution >= 0.6 is 0 Å². The molecule has 0 unspecified atom stereocenters. The van der Waals surface area contributed by atoms with Gasteiger partial charge in [0.2, 0.25) is 17.7 Å². The summed E-state index contributed by atoms with van der Waals surface area (Å²) in [5.41, 5.74) is 2.22. The van der Waals surface area contributed by atoms with Gasteiger partial charge in [0.1, 0.15) is 0 Å². The van der Waals surface area contributed by atoms with Crippen molar-refractivity contribution >= 4 is 17.7 Å². The van der Waals surface area contributed by atoms with Gasteiger partial charge in [0, 0.05) is 39.0 Å². The van der Waals surface area contributed by atoms with Crippen molar-refractivity contribution in [3.05, 3.63) is 35.4 Å². The van der Waals surface area contributed by atoms with Crippen molar-refractivity contribution in [2.24, 2.45) is 11.8 Å². The molecule has 3 aliphatic heterocycles. The molecule has 4 rings (SSSR count). The maximum Gasteiger partial charge on any atom is 0.227 e. The quantitative estimate of drug-likeness (QED) is 0.844. The van der Waals surface area contributed by atoms with Gasteiger partial charge in [-0.1, -0.05) is 29.8 Å². The molecule has 6 heteroatoms. The van der Waals surface area contributed by atoms with Gasteiger partial charge in [0.05, 0.1) is 12.5 Å². The molecule has 0 aromatic heterocycles. The number of nitrogens with one attached hydrogen (secondary N) is 1. The molecule has 0 radical (unpaired) electrons. The Morgan fingerprint density at radius 2 is 2.00 bits per heavy atom. The van der Waals surface area contributed by atoms with Crippen molar-refractivity contribution < 1.29 is 14.4 Å². The fraction of sp³-hybridized carbons (Fsp3) is 0.609. The average molecular weight is 398 g/mol. The normalized spacial score (nSPS) is 28.7. The number of fused-ring (bicyclic) bond motifs is 4. The summed E-state index contributed by atoms with van der Waals surface area (Å²) in [5.74, 6) is 0.870. The molecule has 0 aliphatic carbocycles. The summed E-state index contributed by atoms with van der Waals surface area (Å²) in [6.45, 7) is 5.44. The molecule has 29 heavy (non-hydrogen) atoms. The monoisotopic (exact) mass is 397 g/mol. The molecule has 3 fully saturated rings. The van der Waals surface area contributed by atoms with Gasteiger partial charge in [0.25, 0.3) is 0 Å². The minimum absolute atomic E-state index is 0.0116. The maximum absolute atomic E-state index is 13.1. The molecule has 1 N–H and O–H groups in total. The fourth-order valence-electron chi connectivity index (χ4n) is 5.60. The molecule has 3 amide bonds. The lowest BCUT2D eigenvalue weighted by Gasteiger charge is -2.56. The second kappa shape index (κ2) is 8.17. The van der Waals surface area contributed by atoms with Gasteiger partial charge in [0.15, 0.2) is 0 Å². The zero-order valence-electron chi connectivity index (χ0n) is 17.4. The van der Waals surface area contributed by atoms with Crippen LogP contribution in [0.15, 0.2) is 24.3 Å². The van der Waals surface area contributed by atoms with Gasteiger partial charge in [-0.15, -0.1) is 0 Å². The van der Waals surface area contributed by atoms with E-state index in [1.807, 2.05) is 30.0 Å². The number of carbonyl (C=O) groups excluding carboxylic acids is 3. The molecule has 3 heterocycles. The number of benzene rings is 1. The number of carbonyl (C=O) groups is 3. The zero-order chi connectivity index (χ0) is 20.5. The standard InChI is InChI=1S/C23H31N3O3/c1-15-5-3-6-17(9-15)10-23(29)25-13-18-11-19(14-25)21(12-24-16(2)27)26-20(18)7-4-8-22(26)28/h3,5-6,9,18-21H,4,7-8,10-14H2,1-2H3,(H,24,27)/t18-,19+,20+,21+/m1/s1. The molecule has 156 valence electrons. The predicted octanol–water partition coefficient (Wildman–Crippen LogP) is 1.90. The molecule has 0 spiro atoms. The lowest BCUT2D eigenvalue weighted by atomic mass is 9.72. The Labute approximate surface area is 172 Å². The minimum atomic E-state index is -0.0729. The highest BCUT2D eigenvalue weighted by Gasteiger charge is 2.49. The largest absolute Gasteiger partial charge is 0.354 e. The van der Waals surface area contributed by atoms with E-state index in [0.29, 0.717) is 31.8 Å². The highest BCUT2D eigenvalue weighted by molar-refractivity contribution is 5.80. The molecular weight excluding hydrogens is 366 g/mol. The van der Waals surface area contributed by atoms with E-state index in [1.165, 1.54) is 6.92 Å². The Balaban J connectivity index is 1.52. The van der Waals surface area contributed by atoms with Gasteiger partial charge >= 0.3 is 0 Å². The van der Waals surface area contributed by atoms with Crippen molar-refractivity contribution in [3.63, 3.8) is 0 Å². The average Bonchev–Trinajstić information content (AvgIpc) is 2.68. The first-order valence-corrected chi connectivity index (χ1v) is 10.8. The van der Waals surface area contributed by atoms with E-state index in [0.717, 1.165) is 36.9 Å². The van der Waals surface area contributed by atoms with Crippen LogP contribution in [0, 0.1) is 18.8 Å². The van der Waals surface area contributed by atoms with Crippen LogP contribution in [0.25, 0.3) is 0 Å². The molecule has 3 saturated heterocycles. The summed E-state index contributed by atoms with van der Waals surface area (Å²) in [6, 6.07) is 8.31. The maximum atomic E-state index is 13.1. The lowest BCUT2D eigenvalue weighted by Crippen LogP contribution is -2.67.